The molecule has 1 aromatic carbocycles. The number of esters is 1. The number of aromatic nitrogens is 2. The molecule has 0 aliphatic rings. The Bertz CT molecular complexity index is 1010. The molecule has 11 nitrogen and oxygen atoms in total. The van der Waals surface area contributed by atoms with Crippen molar-refractivity contribution in [1.82, 2.24) is 9.97 Å². The van der Waals surface area contributed by atoms with Gasteiger partial charge in [0.2, 0.25) is 5.88 Å². The Balaban J connectivity index is 0.00000450. The first-order valence-electron chi connectivity index (χ1n) is 7.63. The number of amides is 2. The number of alkyl halides is 1. The zero-order chi connectivity index (χ0) is 21.4. The molecule has 30 heavy (non-hydrogen) atoms. The van der Waals surface area contributed by atoms with Gasteiger partial charge in [-0.3, -0.25) is 9.52 Å². The zero-order valence-corrected chi connectivity index (χ0v) is 20.8. The summed E-state index contributed by atoms with van der Waals surface area (Å²) in [5.41, 5.74) is -0.183. The van der Waals surface area contributed by atoms with Gasteiger partial charge in [-0.05, 0) is 28.1 Å². The minimum absolute atomic E-state index is 0. The Labute approximate surface area is 207 Å². The number of rotatable bonds is 8. The van der Waals surface area contributed by atoms with Crippen LogP contribution in [-0.4, -0.2) is 50.0 Å². The summed E-state index contributed by atoms with van der Waals surface area (Å²) in [6, 6.07) is 5.47. The summed E-state index contributed by atoms with van der Waals surface area (Å²) in [4.78, 5) is 31.5. The maximum Gasteiger partial charge on any atom is 1.00 e. The van der Waals surface area contributed by atoms with Crippen LogP contribution in [0, 0.1) is 0 Å². The molecule has 1 N–H and O–H groups in total. The quantitative estimate of drug-likeness (QED) is 0.213. The van der Waals surface area contributed by atoms with Crippen molar-refractivity contribution in [3.05, 3.63) is 45.2 Å². The van der Waals surface area contributed by atoms with Gasteiger partial charge in [-0.2, -0.15) is 13.4 Å². The molecule has 0 aliphatic heterocycles. The van der Waals surface area contributed by atoms with Gasteiger partial charge in [-0.15, -0.1) is 11.6 Å². The van der Waals surface area contributed by atoms with E-state index in [1.54, 1.807) is 0 Å². The van der Waals surface area contributed by atoms with Crippen molar-refractivity contribution in [2.24, 2.45) is 0 Å². The maximum atomic E-state index is 12.1. The smallest absolute Gasteiger partial charge is 0.481 e. The zero-order valence-electron chi connectivity index (χ0n) is 15.7. The Morgan fingerprint density at radius 3 is 2.63 bits per heavy atom. The molecule has 0 unspecified atom stereocenters. The van der Waals surface area contributed by atoms with Crippen LogP contribution in [0.4, 0.5) is 10.7 Å². The molecule has 0 atom stereocenters. The van der Waals surface area contributed by atoms with Crippen LogP contribution < -0.4 is 43.8 Å². The molecule has 0 fully saturated rings. The largest absolute Gasteiger partial charge is 1.00 e. The molecule has 1 heterocycles. The van der Waals surface area contributed by atoms with Gasteiger partial charge in [-0.25, -0.2) is 9.78 Å². The number of hydrogen-bond acceptors (Lipinski definition) is 9. The molecule has 0 aliphatic carbocycles. The number of benzene rings is 1. The van der Waals surface area contributed by atoms with Crippen molar-refractivity contribution in [2.75, 3.05) is 24.9 Å². The van der Waals surface area contributed by atoms with Gasteiger partial charge >= 0.3 is 45.8 Å². The van der Waals surface area contributed by atoms with Crippen molar-refractivity contribution in [3.8, 4) is 11.6 Å². The predicted molar refractivity (Wildman–Crippen MR) is 106 cm³/mol. The van der Waals surface area contributed by atoms with E-state index in [4.69, 9.17) is 25.3 Å². The van der Waals surface area contributed by atoms with Crippen LogP contribution in [0.15, 0.2) is 34.9 Å². The third kappa shape index (κ3) is 8.24. The van der Waals surface area contributed by atoms with Crippen molar-refractivity contribution in [1.29, 1.82) is 0 Å². The van der Waals surface area contributed by atoms with Crippen LogP contribution in [0.25, 0.3) is 4.72 Å². The number of nitrogens with one attached hydrogen (secondary N) is 1. The van der Waals surface area contributed by atoms with E-state index in [0.717, 1.165) is 0 Å². The third-order valence-electron chi connectivity index (χ3n) is 2.91. The van der Waals surface area contributed by atoms with E-state index in [0.29, 0.717) is 0 Å². The van der Waals surface area contributed by atoms with Crippen LogP contribution >= 0.6 is 27.5 Å². The van der Waals surface area contributed by atoms with Crippen molar-refractivity contribution < 1.29 is 61.2 Å². The summed E-state index contributed by atoms with van der Waals surface area (Å²) < 4.78 is 41.9. The molecule has 2 aromatic rings. The number of nitrogens with zero attached hydrogens (tertiary/aromatic N) is 3. The van der Waals surface area contributed by atoms with Crippen LogP contribution in [-0.2, 0) is 15.0 Å². The minimum atomic E-state index is -4.78. The Morgan fingerprint density at radius 2 is 1.97 bits per heavy atom. The molecule has 0 bridgehead atoms. The first-order chi connectivity index (χ1) is 13.7. The summed E-state index contributed by atoms with van der Waals surface area (Å²) in [5.74, 6) is -1.30. The standard InChI is InChI=1S/C15H14BrClN4O7S.Na/c1-26-12-8-11(16)18-14(19-12)20-15(23)21-29(24,25)28-10-5-3-2-4-9(10)13(22)27-7-6-17;/h2-5,8H,6-7H2,1H3,(H2,18,19,20,21,23);/q;+1/p-1. The fourth-order valence-electron chi connectivity index (χ4n) is 1.83. The topological polar surface area (TPSA) is 148 Å². The van der Waals surface area contributed by atoms with E-state index in [2.05, 4.69) is 35.9 Å². The molecule has 15 heteroatoms. The number of halogens is 2. The molecule has 0 saturated carbocycles. The number of methoxy groups -OCH3 is 1. The normalized spacial score (nSPS) is 10.4. The maximum absolute atomic E-state index is 12.1. The molecule has 1 aromatic heterocycles. The number of hydrogen-bond donors (Lipinski definition) is 1. The van der Waals surface area contributed by atoms with Crippen LogP contribution in [0.2, 0.25) is 0 Å². The summed E-state index contributed by atoms with van der Waals surface area (Å²) in [6.07, 6.45) is 0. The summed E-state index contributed by atoms with van der Waals surface area (Å²) in [7, 11) is -3.43. The Morgan fingerprint density at radius 1 is 1.27 bits per heavy atom. The van der Waals surface area contributed by atoms with Crippen molar-refractivity contribution >= 4 is 55.8 Å². The monoisotopic (exact) mass is 530 g/mol. The van der Waals surface area contributed by atoms with Gasteiger partial charge in [0.05, 0.1) is 13.0 Å². The van der Waals surface area contributed by atoms with Gasteiger partial charge in [0, 0.05) is 6.07 Å². The minimum Gasteiger partial charge on any atom is -0.481 e. The van der Waals surface area contributed by atoms with Crippen LogP contribution in [0.3, 0.4) is 0 Å². The van der Waals surface area contributed by atoms with Gasteiger partial charge in [0.25, 0.3) is 0 Å². The Hall–Kier alpha value is -1.64. The van der Waals surface area contributed by atoms with Gasteiger partial charge < -0.3 is 19.0 Å². The van der Waals surface area contributed by atoms with Crippen LogP contribution in [0.1, 0.15) is 10.4 Å². The number of urea groups is 1. The fourth-order valence-corrected chi connectivity index (χ4v) is 2.93. The average Bonchev–Trinajstić information content (AvgIpc) is 2.65. The first kappa shape index (κ1) is 26.4. The molecular weight excluding hydrogens is 519 g/mol. The number of carbonyl (C=O) groups excluding carboxylic acids is 2. The third-order valence-corrected chi connectivity index (χ3v) is 4.25. The SMILES string of the molecule is COc1cc(Br)nc(NC(=O)[N-]S(=O)(=O)Oc2ccccc2C(=O)OCCCl)n1.[Na+]. The molecule has 0 saturated heterocycles. The number of para-hydroxylation sites is 1. The molecule has 0 radical (unpaired) electrons. The van der Waals surface area contributed by atoms with E-state index in [9.17, 15) is 18.0 Å². The second-order valence-corrected chi connectivity index (χ2v) is 7.31. The number of carbonyl (C=O) groups is 2. The van der Waals surface area contributed by atoms with E-state index >= 15 is 0 Å². The van der Waals surface area contributed by atoms with Gasteiger partial charge in [-0.1, -0.05) is 12.1 Å². The fraction of sp³-hybridized carbons (Fsp3) is 0.200. The average molecular weight is 532 g/mol. The summed E-state index contributed by atoms with van der Waals surface area (Å²) in [6.45, 7) is -0.0790. The molecule has 0 spiro atoms. The van der Waals surface area contributed by atoms with E-state index < -0.39 is 22.3 Å². The molecular formula is C15H13BrClN4NaO7S. The summed E-state index contributed by atoms with van der Waals surface area (Å²) >= 11 is 8.53. The first-order valence-corrected chi connectivity index (χ1v) is 10.3. The predicted octanol–water partition coefficient (Wildman–Crippen LogP) is -0.123. The van der Waals surface area contributed by atoms with E-state index in [-0.39, 0.29) is 69.8 Å². The van der Waals surface area contributed by atoms with Crippen molar-refractivity contribution in [2.45, 2.75) is 0 Å². The number of ether oxygens (including phenoxy) is 2. The van der Waals surface area contributed by atoms with Gasteiger partial charge in [0.1, 0.15) is 22.7 Å². The molecule has 156 valence electrons. The van der Waals surface area contributed by atoms with E-state index in [1.165, 1.54) is 37.4 Å². The molecule has 2 rings (SSSR count). The summed E-state index contributed by atoms with van der Waals surface area (Å²) in [5, 5.41) is 2.06. The second kappa shape index (κ2) is 12.3. The van der Waals surface area contributed by atoms with E-state index in [1.807, 2.05) is 0 Å². The molecule has 2 amide bonds. The Kier molecular flexibility index (Phi) is 10.8. The number of anilines is 1. The van der Waals surface area contributed by atoms with Crippen molar-refractivity contribution in [3.63, 3.8) is 0 Å². The second-order valence-electron chi connectivity index (χ2n) is 4.91. The van der Waals surface area contributed by atoms with Gasteiger partial charge in [0.15, 0.2) is 11.8 Å². The van der Waals surface area contributed by atoms with Crippen LogP contribution in [0.5, 0.6) is 11.6 Å².